The highest BCUT2D eigenvalue weighted by molar-refractivity contribution is 5.91. The molecule has 0 aliphatic carbocycles. The molecule has 37 heavy (non-hydrogen) atoms. The van der Waals surface area contributed by atoms with E-state index in [4.69, 9.17) is 20.9 Å². The van der Waals surface area contributed by atoms with Crippen molar-refractivity contribution in [1.29, 1.82) is 0 Å². The fourth-order valence-electron chi connectivity index (χ4n) is 3.19. The Morgan fingerprint density at radius 2 is 1.51 bits per heavy atom. The molecule has 0 spiro atoms. The zero-order valence-electron chi connectivity index (χ0n) is 19.5. The van der Waals surface area contributed by atoms with Crippen LogP contribution in [0, 0.1) is 0 Å². The smallest absolute Gasteiger partial charge is 0.461 e. The average Bonchev–Trinajstić information content (AvgIpc) is 2.85. The van der Waals surface area contributed by atoms with E-state index >= 15 is 0 Å². The zero-order chi connectivity index (χ0) is 27.0. The molecule has 3 rings (SSSR count). The number of hydrogen-bond donors (Lipinski definition) is 2. The van der Waals surface area contributed by atoms with Gasteiger partial charge in [0.1, 0.15) is 11.5 Å². The van der Waals surface area contributed by atoms with Gasteiger partial charge in [0.2, 0.25) is 0 Å². The Morgan fingerprint density at radius 1 is 0.865 bits per heavy atom. The van der Waals surface area contributed by atoms with Crippen molar-refractivity contribution in [3.05, 3.63) is 83.4 Å². The molecule has 0 aliphatic rings. The standard InChI is InChI=1S/C26H24F4N2O5/c27-25(28)26(29,30)37-21-10-5-18(6-11-21)24(34)36-20-8-1-16(2-9-20)3-12-23(33)35-14-13-17-4-7-19(31)15-22(17)32/h1-2,4-11,15,25H,3,12-14,31-32H2. The number of halogens is 4. The van der Waals surface area contributed by atoms with E-state index in [0.29, 0.717) is 24.2 Å². The molecule has 4 N–H and O–H groups in total. The second-order valence-electron chi connectivity index (χ2n) is 7.95. The molecule has 0 radical (unpaired) electrons. The van der Waals surface area contributed by atoms with E-state index in [9.17, 15) is 27.2 Å². The topological polar surface area (TPSA) is 114 Å². The van der Waals surface area contributed by atoms with Gasteiger partial charge in [-0.25, -0.2) is 4.79 Å². The zero-order valence-corrected chi connectivity index (χ0v) is 19.5. The summed E-state index contributed by atoms with van der Waals surface area (Å²) in [4.78, 5) is 24.3. The second kappa shape index (κ2) is 12.1. The highest BCUT2D eigenvalue weighted by atomic mass is 19.3. The van der Waals surface area contributed by atoms with Gasteiger partial charge < -0.3 is 25.7 Å². The van der Waals surface area contributed by atoms with E-state index in [1.54, 1.807) is 30.3 Å². The molecule has 3 aromatic rings. The molecule has 0 fully saturated rings. The van der Waals surface area contributed by atoms with Gasteiger partial charge in [-0.05, 0) is 66.1 Å². The van der Waals surface area contributed by atoms with E-state index in [2.05, 4.69) is 4.74 Å². The lowest BCUT2D eigenvalue weighted by atomic mass is 10.1. The molecular formula is C26H24F4N2O5. The van der Waals surface area contributed by atoms with Crippen molar-refractivity contribution < 1.29 is 41.4 Å². The number of alkyl halides is 4. The van der Waals surface area contributed by atoms with E-state index in [0.717, 1.165) is 35.4 Å². The lowest BCUT2D eigenvalue weighted by Crippen LogP contribution is -2.33. The summed E-state index contributed by atoms with van der Waals surface area (Å²) in [5.41, 5.74) is 14.3. The van der Waals surface area contributed by atoms with Gasteiger partial charge >= 0.3 is 24.5 Å². The van der Waals surface area contributed by atoms with Gasteiger partial charge in [-0.2, -0.15) is 17.6 Å². The lowest BCUT2D eigenvalue weighted by molar-refractivity contribution is -0.253. The molecule has 11 heteroatoms. The molecule has 0 saturated heterocycles. The third kappa shape index (κ3) is 8.13. The fraction of sp³-hybridized carbons (Fsp3) is 0.231. The molecule has 0 heterocycles. The number of nitrogen functional groups attached to an aromatic ring is 2. The van der Waals surface area contributed by atoms with Crippen LogP contribution in [-0.4, -0.2) is 31.1 Å². The minimum Gasteiger partial charge on any atom is -0.465 e. The van der Waals surface area contributed by atoms with Crippen molar-refractivity contribution in [3.63, 3.8) is 0 Å². The van der Waals surface area contributed by atoms with Crippen LogP contribution >= 0.6 is 0 Å². The number of nitrogens with two attached hydrogens (primary N) is 2. The van der Waals surface area contributed by atoms with Crippen molar-refractivity contribution in [1.82, 2.24) is 0 Å². The molecule has 0 amide bonds. The Hall–Kier alpha value is -4.28. The molecule has 0 atom stereocenters. The maximum Gasteiger partial charge on any atom is 0.461 e. The number of ether oxygens (including phenoxy) is 3. The van der Waals surface area contributed by atoms with Crippen LogP contribution in [0.3, 0.4) is 0 Å². The molecule has 3 aromatic carbocycles. The number of carbonyl (C=O) groups excluding carboxylic acids is 2. The summed E-state index contributed by atoms with van der Waals surface area (Å²) in [7, 11) is 0. The summed E-state index contributed by atoms with van der Waals surface area (Å²) in [6, 6.07) is 15.7. The monoisotopic (exact) mass is 520 g/mol. The Bertz CT molecular complexity index is 1220. The molecule has 0 aromatic heterocycles. The normalized spacial score (nSPS) is 11.3. The van der Waals surface area contributed by atoms with Crippen LogP contribution in [0.15, 0.2) is 66.7 Å². The van der Waals surface area contributed by atoms with Crippen LogP contribution in [0.1, 0.15) is 27.9 Å². The van der Waals surface area contributed by atoms with Gasteiger partial charge in [-0.1, -0.05) is 18.2 Å². The molecule has 196 valence electrons. The van der Waals surface area contributed by atoms with Crippen LogP contribution in [0.2, 0.25) is 0 Å². The number of anilines is 2. The SMILES string of the molecule is Nc1ccc(CCOC(=O)CCc2ccc(OC(=O)c3ccc(OC(F)(F)C(F)F)cc3)cc2)c(N)c1. The number of carbonyl (C=O) groups is 2. The Balaban J connectivity index is 1.43. The highest BCUT2D eigenvalue weighted by Gasteiger charge is 2.43. The predicted molar refractivity (Wildman–Crippen MR) is 128 cm³/mol. The predicted octanol–water partition coefficient (Wildman–Crippen LogP) is 5.03. The van der Waals surface area contributed by atoms with Crippen molar-refractivity contribution in [2.24, 2.45) is 0 Å². The molecule has 0 saturated carbocycles. The summed E-state index contributed by atoms with van der Waals surface area (Å²) >= 11 is 0. The number of esters is 2. The van der Waals surface area contributed by atoms with Gasteiger partial charge in [0.15, 0.2) is 0 Å². The van der Waals surface area contributed by atoms with Crippen LogP contribution in [0.5, 0.6) is 11.5 Å². The third-order valence-corrected chi connectivity index (χ3v) is 5.15. The van der Waals surface area contributed by atoms with Crippen molar-refractivity contribution in [2.45, 2.75) is 31.8 Å². The van der Waals surface area contributed by atoms with Crippen LogP contribution in [-0.2, 0) is 22.4 Å². The van der Waals surface area contributed by atoms with Gasteiger partial charge in [0, 0.05) is 24.2 Å². The van der Waals surface area contributed by atoms with E-state index in [1.807, 2.05) is 0 Å². The maximum absolute atomic E-state index is 13.0. The van der Waals surface area contributed by atoms with Crippen LogP contribution < -0.4 is 20.9 Å². The summed E-state index contributed by atoms with van der Waals surface area (Å²) in [6.07, 6.45) is -7.62. The fourth-order valence-corrected chi connectivity index (χ4v) is 3.19. The Kier molecular flexibility index (Phi) is 8.94. The maximum atomic E-state index is 13.0. The summed E-state index contributed by atoms with van der Waals surface area (Å²) < 4.78 is 64.7. The molecule has 0 unspecified atom stereocenters. The molecule has 7 nitrogen and oxygen atoms in total. The number of rotatable bonds is 11. The van der Waals surface area contributed by atoms with Crippen molar-refractivity contribution >= 4 is 23.3 Å². The van der Waals surface area contributed by atoms with Crippen molar-refractivity contribution in [3.8, 4) is 11.5 Å². The minimum atomic E-state index is -4.65. The van der Waals surface area contributed by atoms with Gasteiger partial charge in [0.05, 0.1) is 12.2 Å². The highest BCUT2D eigenvalue weighted by Crippen LogP contribution is 2.27. The summed E-state index contributed by atoms with van der Waals surface area (Å²) in [5, 5.41) is 0. The van der Waals surface area contributed by atoms with Crippen LogP contribution in [0.25, 0.3) is 0 Å². The van der Waals surface area contributed by atoms with Gasteiger partial charge in [-0.15, -0.1) is 0 Å². The number of hydrogen-bond acceptors (Lipinski definition) is 7. The number of aryl methyl sites for hydroxylation is 1. The van der Waals surface area contributed by atoms with Crippen LogP contribution in [0.4, 0.5) is 28.9 Å². The first kappa shape index (κ1) is 27.3. The first-order chi connectivity index (χ1) is 17.5. The Morgan fingerprint density at radius 3 is 2.14 bits per heavy atom. The quantitative estimate of drug-likeness (QED) is 0.158. The first-order valence-corrected chi connectivity index (χ1v) is 11.1. The third-order valence-electron chi connectivity index (χ3n) is 5.15. The van der Waals surface area contributed by atoms with E-state index < -0.39 is 24.3 Å². The second-order valence-corrected chi connectivity index (χ2v) is 7.95. The molecular weight excluding hydrogens is 496 g/mol. The van der Waals surface area contributed by atoms with Gasteiger partial charge in [0.25, 0.3) is 0 Å². The Labute approximate surface area is 209 Å². The van der Waals surface area contributed by atoms with Gasteiger partial charge in [-0.3, -0.25) is 4.79 Å². The lowest BCUT2D eigenvalue weighted by Gasteiger charge is -2.16. The average molecular weight is 520 g/mol. The summed E-state index contributed by atoms with van der Waals surface area (Å²) in [6.45, 7) is 0.184. The minimum absolute atomic E-state index is 0.000243. The molecule has 0 aliphatic heterocycles. The summed E-state index contributed by atoms with van der Waals surface area (Å²) in [5.74, 6) is -1.48. The first-order valence-electron chi connectivity index (χ1n) is 11.1. The van der Waals surface area contributed by atoms with E-state index in [1.165, 1.54) is 12.1 Å². The molecule has 0 bridgehead atoms. The van der Waals surface area contributed by atoms with E-state index in [-0.39, 0.29) is 30.3 Å². The largest absolute Gasteiger partial charge is 0.465 e. The van der Waals surface area contributed by atoms with Crippen molar-refractivity contribution in [2.75, 3.05) is 18.1 Å². The number of benzene rings is 3.